The lowest BCUT2D eigenvalue weighted by Crippen LogP contribution is -2.28. The number of benzene rings is 4. The van der Waals surface area contributed by atoms with Crippen LogP contribution in [0.5, 0.6) is 0 Å². The van der Waals surface area contributed by atoms with Crippen molar-refractivity contribution in [3.05, 3.63) is 179 Å². The maximum atomic E-state index is 13.9. The maximum Gasteiger partial charge on any atom is 0.123 e. The molecule has 3 aliphatic carbocycles. The van der Waals surface area contributed by atoms with Gasteiger partial charge in [-0.2, -0.15) is 5.26 Å². The van der Waals surface area contributed by atoms with Crippen LogP contribution in [0.3, 0.4) is 0 Å². The Kier molecular flexibility index (Phi) is 7.44. The van der Waals surface area contributed by atoms with Gasteiger partial charge in [0.15, 0.2) is 0 Å². The molecule has 4 aliphatic rings. The molecule has 4 nitrogen and oxygen atoms in total. The van der Waals surface area contributed by atoms with Crippen molar-refractivity contribution in [1.29, 1.82) is 5.26 Å². The van der Waals surface area contributed by atoms with Crippen molar-refractivity contribution in [2.24, 2.45) is 0 Å². The second-order valence-corrected chi connectivity index (χ2v) is 14.2. The predicted molar refractivity (Wildman–Crippen MR) is 214 cm³/mol. The average Bonchev–Trinajstić information content (AvgIpc) is 3.74. The number of pyridine rings is 1. The lowest BCUT2D eigenvalue weighted by atomic mass is 9.91. The Balaban J connectivity index is 1.12. The van der Waals surface area contributed by atoms with Gasteiger partial charge < -0.3 is 9.47 Å². The summed E-state index contributed by atoms with van der Waals surface area (Å²) in [6.07, 6.45) is 21.2. The van der Waals surface area contributed by atoms with Gasteiger partial charge in [0.2, 0.25) is 0 Å². The first-order valence-corrected chi connectivity index (χ1v) is 18.4. The number of aromatic nitrogens is 2. The van der Waals surface area contributed by atoms with E-state index in [2.05, 4.69) is 131 Å². The molecule has 0 radical (unpaired) electrons. The molecule has 0 spiro atoms. The Bertz CT molecular complexity index is 2630. The molecule has 0 fully saturated rings. The van der Waals surface area contributed by atoms with Crippen molar-refractivity contribution in [1.82, 2.24) is 9.55 Å². The van der Waals surface area contributed by atoms with Gasteiger partial charge in [-0.25, -0.2) is 9.37 Å². The van der Waals surface area contributed by atoms with Crippen LogP contribution >= 0.6 is 0 Å². The number of hydrogen-bond donors (Lipinski definition) is 0. The van der Waals surface area contributed by atoms with Crippen LogP contribution in [0.25, 0.3) is 50.8 Å². The highest BCUT2D eigenvalue weighted by molar-refractivity contribution is 6.05. The average molecular weight is 687 g/mol. The summed E-state index contributed by atoms with van der Waals surface area (Å²) in [4.78, 5) is 7.66. The number of nitriles is 1. The summed E-state index contributed by atoms with van der Waals surface area (Å²) >= 11 is 0. The molecule has 2 aromatic heterocycles. The highest BCUT2D eigenvalue weighted by atomic mass is 19.1. The highest BCUT2D eigenvalue weighted by Crippen LogP contribution is 2.53. The number of fused-ring (bicyclic) bond motifs is 7. The normalized spacial score (nSPS) is 18.3. The van der Waals surface area contributed by atoms with Crippen LogP contribution in [0.15, 0.2) is 151 Å². The topological polar surface area (TPSA) is 44.9 Å². The highest BCUT2D eigenvalue weighted by Gasteiger charge is 2.40. The lowest BCUT2D eigenvalue weighted by Gasteiger charge is -2.29. The third kappa shape index (κ3) is 5.21. The minimum atomic E-state index is -0.274. The Morgan fingerprint density at radius 2 is 1.49 bits per heavy atom. The van der Waals surface area contributed by atoms with Gasteiger partial charge in [-0.1, -0.05) is 85.0 Å². The first-order valence-electron chi connectivity index (χ1n) is 18.4. The Hall–Kier alpha value is -6.51. The standard InChI is InChI=1S/C48H35FN4/c49-36-22-18-33(19-23-36)43-28-35(32-16-14-31(30-50)15-17-32)29-44(51-43)34-20-24-38(25-21-34)53-46-13-7-5-11-40(46)42-27-26-41-39-10-4-6-12-45(39)52(47(41)48(42)53)37-8-2-1-3-9-37/h1-5,7-11,13-14,16,18-29,40,46H,6,12,15,17H2. The van der Waals surface area contributed by atoms with Crippen LogP contribution in [0, 0.1) is 17.1 Å². The van der Waals surface area contributed by atoms with E-state index < -0.39 is 0 Å². The van der Waals surface area contributed by atoms with Crippen LogP contribution in [-0.2, 0) is 6.42 Å². The molecular formula is C48H35FN4. The Labute approximate surface area is 308 Å². The number of halogens is 1. The third-order valence-electron chi connectivity index (χ3n) is 11.2. The largest absolute Gasteiger partial charge is 0.332 e. The lowest BCUT2D eigenvalue weighted by molar-refractivity contribution is 0.628. The van der Waals surface area contributed by atoms with Crippen molar-refractivity contribution in [3.8, 4) is 34.3 Å². The molecule has 6 aromatic rings. The summed E-state index contributed by atoms with van der Waals surface area (Å²) in [6.45, 7) is 0. The zero-order valence-electron chi connectivity index (χ0n) is 29.1. The minimum Gasteiger partial charge on any atom is -0.332 e. The second kappa shape index (κ2) is 12.6. The first kappa shape index (κ1) is 31.2. The number of nitrogens with zero attached hydrogens (tertiary/aromatic N) is 4. The summed E-state index contributed by atoms with van der Waals surface area (Å²) in [5.74, 6) is -0.0365. The molecule has 0 amide bonds. The minimum absolute atomic E-state index is 0.147. The molecule has 10 rings (SSSR count). The molecule has 1 aliphatic heterocycles. The van der Waals surface area contributed by atoms with Crippen LogP contribution in [-0.4, -0.2) is 15.6 Å². The fourth-order valence-electron chi connectivity index (χ4n) is 8.66. The summed E-state index contributed by atoms with van der Waals surface area (Å²) in [6, 6.07) is 37.5. The smallest absolute Gasteiger partial charge is 0.123 e. The van der Waals surface area contributed by atoms with E-state index in [1.807, 2.05) is 12.2 Å². The van der Waals surface area contributed by atoms with E-state index in [-0.39, 0.29) is 17.8 Å². The molecule has 254 valence electrons. The fraction of sp³-hybridized carbons (Fsp3) is 0.125. The zero-order valence-corrected chi connectivity index (χ0v) is 29.1. The SMILES string of the molecule is N#CC1=CC=C(c2cc(-c3ccc(F)cc3)nc(-c3ccc(N4c5c(ccc6c7c(n(-c8ccccc8)c56)CCC=C7)C5C=CC=CC54)cc3)c2)CC1. The number of anilines is 2. The molecule has 0 bridgehead atoms. The summed E-state index contributed by atoms with van der Waals surface area (Å²) < 4.78 is 16.4. The van der Waals surface area contributed by atoms with E-state index in [0.29, 0.717) is 6.42 Å². The third-order valence-corrected chi connectivity index (χ3v) is 11.2. The Morgan fingerprint density at radius 3 is 2.23 bits per heavy atom. The van der Waals surface area contributed by atoms with Crippen molar-refractivity contribution < 1.29 is 4.39 Å². The van der Waals surface area contributed by atoms with E-state index in [0.717, 1.165) is 64.2 Å². The van der Waals surface area contributed by atoms with Gasteiger partial charge in [0.1, 0.15) is 5.82 Å². The van der Waals surface area contributed by atoms with Gasteiger partial charge in [0.25, 0.3) is 0 Å². The summed E-state index contributed by atoms with van der Waals surface area (Å²) in [5, 5.41) is 10.7. The number of hydrogen-bond acceptors (Lipinski definition) is 3. The quantitative estimate of drug-likeness (QED) is 0.181. The number of para-hydroxylation sites is 1. The van der Waals surface area contributed by atoms with Crippen LogP contribution < -0.4 is 4.90 Å². The molecule has 53 heavy (non-hydrogen) atoms. The molecule has 0 N–H and O–H groups in total. The van der Waals surface area contributed by atoms with Crippen molar-refractivity contribution >= 4 is 33.9 Å². The molecule has 2 atom stereocenters. The maximum absolute atomic E-state index is 13.9. The molecule has 3 heterocycles. The second-order valence-electron chi connectivity index (χ2n) is 14.2. The first-order chi connectivity index (χ1) is 26.1. The zero-order chi connectivity index (χ0) is 35.5. The summed E-state index contributed by atoms with van der Waals surface area (Å²) in [5.41, 5.74) is 15.4. The van der Waals surface area contributed by atoms with Crippen molar-refractivity contribution in [2.45, 2.75) is 37.6 Å². The van der Waals surface area contributed by atoms with Gasteiger partial charge in [0, 0.05) is 50.6 Å². The van der Waals surface area contributed by atoms with Gasteiger partial charge >= 0.3 is 0 Å². The van der Waals surface area contributed by atoms with Gasteiger partial charge in [-0.3, -0.25) is 0 Å². The van der Waals surface area contributed by atoms with E-state index >= 15 is 0 Å². The fourth-order valence-corrected chi connectivity index (χ4v) is 8.66. The monoisotopic (exact) mass is 686 g/mol. The molecule has 4 aromatic carbocycles. The number of allylic oxidation sites excluding steroid dienone is 7. The molecule has 2 unspecified atom stereocenters. The van der Waals surface area contributed by atoms with Gasteiger partial charge in [-0.05, 0) is 109 Å². The van der Waals surface area contributed by atoms with Crippen molar-refractivity contribution in [2.75, 3.05) is 4.90 Å². The van der Waals surface area contributed by atoms with E-state index in [1.165, 1.54) is 51.2 Å². The van der Waals surface area contributed by atoms with E-state index in [1.54, 1.807) is 12.1 Å². The van der Waals surface area contributed by atoms with Crippen LogP contribution in [0.4, 0.5) is 15.8 Å². The van der Waals surface area contributed by atoms with Crippen LogP contribution in [0.1, 0.15) is 47.6 Å². The number of rotatable bonds is 5. The van der Waals surface area contributed by atoms with E-state index in [4.69, 9.17) is 4.98 Å². The molecule has 5 heteroatoms. The van der Waals surface area contributed by atoms with E-state index in [9.17, 15) is 9.65 Å². The molecule has 0 saturated heterocycles. The van der Waals surface area contributed by atoms with Gasteiger partial charge in [0.05, 0.1) is 34.7 Å². The molecular weight excluding hydrogens is 652 g/mol. The van der Waals surface area contributed by atoms with Crippen molar-refractivity contribution in [3.63, 3.8) is 0 Å². The van der Waals surface area contributed by atoms with Gasteiger partial charge in [-0.15, -0.1) is 0 Å². The Morgan fingerprint density at radius 1 is 0.736 bits per heavy atom. The predicted octanol–water partition coefficient (Wildman–Crippen LogP) is 11.8. The summed E-state index contributed by atoms with van der Waals surface area (Å²) in [7, 11) is 0. The molecule has 0 saturated carbocycles. The van der Waals surface area contributed by atoms with Crippen LogP contribution in [0.2, 0.25) is 0 Å².